The lowest BCUT2D eigenvalue weighted by molar-refractivity contribution is -0.168. The average Bonchev–Trinajstić information content (AvgIpc) is 2.75. The van der Waals surface area contributed by atoms with E-state index in [1.807, 2.05) is 0 Å². The van der Waals surface area contributed by atoms with Crippen molar-refractivity contribution in [3.05, 3.63) is 11.5 Å². The highest BCUT2D eigenvalue weighted by molar-refractivity contribution is 5.90. The summed E-state index contributed by atoms with van der Waals surface area (Å²) < 4.78 is 4.87. The number of esters is 1. The van der Waals surface area contributed by atoms with Crippen LogP contribution in [0.25, 0.3) is 0 Å². The van der Waals surface area contributed by atoms with Crippen LogP contribution < -0.4 is 0 Å². The summed E-state index contributed by atoms with van der Waals surface area (Å²) in [7, 11) is 0. The van der Waals surface area contributed by atoms with E-state index in [9.17, 15) is 25.2 Å². The minimum atomic E-state index is -1.99. The lowest BCUT2D eigenvalue weighted by Crippen LogP contribution is -2.49. The Morgan fingerprint density at radius 3 is 2.22 bits per heavy atom. The second kappa shape index (κ2) is 9.10. The number of hydrogen-bond acceptors (Lipinski definition) is 7. The molecule has 0 saturated heterocycles. The topological polar surface area (TPSA) is 127 Å². The smallest absolute Gasteiger partial charge is 0.378 e. The second-order valence-corrected chi connectivity index (χ2v) is 6.09. The molecule has 134 valence electrons. The quantitative estimate of drug-likeness (QED) is 0.286. The summed E-state index contributed by atoms with van der Waals surface area (Å²) in [4.78, 5) is 11.4. The van der Waals surface area contributed by atoms with Crippen LogP contribution in [-0.2, 0) is 9.53 Å². The lowest BCUT2D eigenvalue weighted by Gasteiger charge is -2.33. The van der Waals surface area contributed by atoms with Crippen LogP contribution in [0.1, 0.15) is 58.3 Å². The number of aliphatic hydroxyl groups excluding tert-OH is 5. The van der Waals surface area contributed by atoms with Crippen LogP contribution in [0.4, 0.5) is 0 Å². The van der Waals surface area contributed by atoms with E-state index in [1.54, 1.807) is 0 Å². The monoisotopic (exact) mass is 332 g/mol. The molecule has 0 aromatic rings. The number of ether oxygens (including phenoxy) is 1. The van der Waals surface area contributed by atoms with Gasteiger partial charge >= 0.3 is 5.97 Å². The molecule has 0 aromatic carbocycles. The van der Waals surface area contributed by atoms with Gasteiger partial charge in [0.05, 0.1) is 12.7 Å². The van der Waals surface area contributed by atoms with Crippen molar-refractivity contribution >= 4 is 5.97 Å². The summed E-state index contributed by atoms with van der Waals surface area (Å²) in [6.45, 7) is 1.35. The average molecular weight is 332 g/mol. The van der Waals surface area contributed by atoms with E-state index < -0.39 is 41.9 Å². The van der Waals surface area contributed by atoms with Gasteiger partial charge in [0.2, 0.25) is 11.4 Å². The zero-order valence-electron chi connectivity index (χ0n) is 13.6. The van der Waals surface area contributed by atoms with Gasteiger partial charge in [-0.3, -0.25) is 0 Å². The van der Waals surface area contributed by atoms with Crippen molar-refractivity contribution in [2.45, 2.75) is 76.1 Å². The SMILES string of the molecule is CCCCCCCCC(O)C[C@]1([C@@H](O)CO)OC(=O)C(O)=C1O. The molecule has 1 heterocycles. The van der Waals surface area contributed by atoms with Gasteiger partial charge in [-0.25, -0.2) is 4.79 Å². The van der Waals surface area contributed by atoms with Crippen LogP contribution in [0.3, 0.4) is 0 Å². The highest BCUT2D eigenvalue weighted by Crippen LogP contribution is 2.37. The summed E-state index contributed by atoms with van der Waals surface area (Å²) >= 11 is 0. The first-order chi connectivity index (χ1) is 10.9. The highest BCUT2D eigenvalue weighted by atomic mass is 16.6. The van der Waals surface area contributed by atoms with Crippen molar-refractivity contribution in [1.29, 1.82) is 0 Å². The molecule has 1 aliphatic rings. The normalized spacial score (nSPS) is 23.9. The van der Waals surface area contributed by atoms with E-state index in [4.69, 9.17) is 9.84 Å². The first-order valence-corrected chi connectivity index (χ1v) is 8.22. The summed E-state index contributed by atoms with van der Waals surface area (Å²) in [5, 5.41) is 48.5. The molecule has 7 heteroatoms. The van der Waals surface area contributed by atoms with E-state index >= 15 is 0 Å². The van der Waals surface area contributed by atoms with Crippen LogP contribution in [0.5, 0.6) is 0 Å². The molecule has 1 aliphatic heterocycles. The third-order valence-corrected chi connectivity index (χ3v) is 4.23. The van der Waals surface area contributed by atoms with Gasteiger partial charge in [-0.2, -0.15) is 0 Å². The molecule has 0 fully saturated rings. The van der Waals surface area contributed by atoms with E-state index in [-0.39, 0.29) is 6.42 Å². The van der Waals surface area contributed by atoms with Gasteiger partial charge in [0, 0.05) is 6.42 Å². The Morgan fingerprint density at radius 1 is 1.09 bits per heavy atom. The molecule has 0 radical (unpaired) electrons. The molecule has 0 amide bonds. The number of carbonyl (C=O) groups is 1. The standard InChI is InChI=1S/C16H28O7/c1-2-3-4-5-6-7-8-11(18)9-16(12(19)10-17)14(21)13(20)15(22)23-16/h11-12,17-21H,2-10H2,1H3/t11?,12-,16+/m0/s1. The Hall–Kier alpha value is -1.31. The van der Waals surface area contributed by atoms with Crippen molar-refractivity contribution in [3.8, 4) is 0 Å². The molecule has 0 aromatic heterocycles. The van der Waals surface area contributed by atoms with Gasteiger partial charge in [-0.15, -0.1) is 0 Å². The van der Waals surface area contributed by atoms with Crippen molar-refractivity contribution in [3.63, 3.8) is 0 Å². The minimum absolute atomic E-state index is 0.286. The Labute approximate surface area is 136 Å². The van der Waals surface area contributed by atoms with Gasteiger partial charge in [0.15, 0.2) is 5.76 Å². The molecule has 0 bridgehead atoms. The second-order valence-electron chi connectivity index (χ2n) is 6.09. The van der Waals surface area contributed by atoms with Crippen LogP contribution >= 0.6 is 0 Å². The zero-order chi connectivity index (χ0) is 17.5. The Bertz CT molecular complexity index is 421. The van der Waals surface area contributed by atoms with E-state index in [1.165, 1.54) is 6.42 Å². The van der Waals surface area contributed by atoms with Gasteiger partial charge in [-0.1, -0.05) is 45.4 Å². The lowest BCUT2D eigenvalue weighted by atomic mass is 9.87. The zero-order valence-corrected chi connectivity index (χ0v) is 13.6. The predicted octanol–water partition coefficient (Wildman–Crippen LogP) is 1.46. The van der Waals surface area contributed by atoms with Gasteiger partial charge < -0.3 is 30.3 Å². The number of unbranched alkanes of at least 4 members (excludes halogenated alkanes) is 5. The maximum absolute atomic E-state index is 11.4. The number of hydrogen-bond donors (Lipinski definition) is 5. The maximum atomic E-state index is 11.4. The molecule has 7 nitrogen and oxygen atoms in total. The predicted molar refractivity (Wildman–Crippen MR) is 82.8 cm³/mol. The first-order valence-electron chi connectivity index (χ1n) is 8.22. The fourth-order valence-electron chi connectivity index (χ4n) is 2.82. The van der Waals surface area contributed by atoms with Crippen molar-refractivity contribution in [2.24, 2.45) is 0 Å². The molecular formula is C16H28O7. The number of carbonyl (C=O) groups excluding carboxylic acids is 1. The van der Waals surface area contributed by atoms with E-state index in [0.717, 1.165) is 32.1 Å². The summed E-state index contributed by atoms with van der Waals surface area (Å²) in [5.74, 6) is -3.02. The maximum Gasteiger partial charge on any atom is 0.378 e. The summed E-state index contributed by atoms with van der Waals surface area (Å²) in [6, 6.07) is 0. The van der Waals surface area contributed by atoms with E-state index in [2.05, 4.69) is 6.92 Å². The molecule has 0 saturated carbocycles. The van der Waals surface area contributed by atoms with E-state index in [0.29, 0.717) is 6.42 Å². The third-order valence-electron chi connectivity index (χ3n) is 4.23. The largest absolute Gasteiger partial charge is 0.505 e. The molecule has 5 N–H and O–H groups in total. The van der Waals surface area contributed by atoms with Crippen molar-refractivity contribution < 1.29 is 35.1 Å². The summed E-state index contributed by atoms with van der Waals surface area (Å²) in [6.07, 6.45) is 3.84. The third kappa shape index (κ3) is 4.83. The first kappa shape index (κ1) is 19.7. The highest BCUT2D eigenvalue weighted by Gasteiger charge is 2.54. The number of aliphatic hydroxyl groups is 5. The molecule has 0 aliphatic carbocycles. The molecule has 3 atom stereocenters. The van der Waals surface area contributed by atoms with Crippen LogP contribution in [0.15, 0.2) is 11.5 Å². The van der Waals surface area contributed by atoms with Crippen molar-refractivity contribution in [2.75, 3.05) is 6.61 Å². The molecule has 23 heavy (non-hydrogen) atoms. The Balaban J connectivity index is 2.57. The van der Waals surface area contributed by atoms with Gasteiger partial charge in [-0.05, 0) is 6.42 Å². The molecule has 1 unspecified atom stereocenters. The number of rotatable bonds is 11. The van der Waals surface area contributed by atoms with Gasteiger partial charge in [0.25, 0.3) is 0 Å². The van der Waals surface area contributed by atoms with Gasteiger partial charge in [0.1, 0.15) is 6.10 Å². The molecule has 0 spiro atoms. The van der Waals surface area contributed by atoms with Crippen LogP contribution in [-0.4, -0.2) is 55.9 Å². The Kier molecular flexibility index (Phi) is 7.81. The Morgan fingerprint density at radius 2 is 1.70 bits per heavy atom. The fourth-order valence-corrected chi connectivity index (χ4v) is 2.82. The fraction of sp³-hybridized carbons (Fsp3) is 0.812. The van der Waals surface area contributed by atoms with Crippen molar-refractivity contribution in [1.82, 2.24) is 0 Å². The molecular weight excluding hydrogens is 304 g/mol. The minimum Gasteiger partial charge on any atom is -0.505 e. The number of cyclic esters (lactones) is 1. The summed E-state index contributed by atoms with van der Waals surface area (Å²) in [5.41, 5.74) is -1.99. The van der Waals surface area contributed by atoms with Crippen LogP contribution in [0, 0.1) is 0 Å². The van der Waals surface area contributed by atoms with Crippen LogP contribution in [0.2, 0.25) is 0 Å². The molecule has 1 rings (SSSR count).